The number of benzene rings is 2. The van der Waals surface area contributed by atoms with Gasteiger partial charge in [-0.2, -0.15) is 5.26 Å². The van der Waals surface area contributed by atoms with E-state index in [9.17, 15) is 10.1 Å². The lowest BCUT2D eigenvalue weighted by Gasteiger charge is -2.06. The van der Waals surface area contributed by atoms with Crippen molar-refractivity contribution in [2.24, 2.45) is 0 Å². The lowest BCUT2D eigenvalue weighted by atomic mass is 10.2. The van der Waals surface area contributed by atoms with E-state index in [0.717, 1.165) is 11.3 Å². The van der Waals surface area contributed by atoms with Crippen LogP contribution in [0.5, 0.6) is 11.5 Å². The fraction of sp³-hybridized carbons (Fsp3) is 0.0909. The predicted octanol–water partition coefficient (Wildman–Crippen LogP) is 4.51. The molecule has 0 atom stereocenters. The highest BCUT2D eigenvalue weighted by atomic mass is 16.5. The number of hydrogen-bond donors (Lipinski definition) is 1. The lowest BCUT2D eigenvalue weighted by molar-refractivity contribution is -0.112. The summed E-state index contributed by atoms with van der Waals surface area (Å²) >= 11 is 0. The zero-order valence-corrected chi connectivity index (χ0v) is 15.4. The maximum Gasteiger partial charge on any atom is 0.266 e. The molecule has 1 N–H and O–H groups in total. The van der Waals surface area contributed by atoms with E-state index in [-0.39, 0.29) is 5.57 Å². The summed E-state index contributed by atoms with van der Waals surface area (Å²) in [6, 6.07) is 19.7. The molecule has 0 radical (unpaired) electrons. The number of methoxy groups -OCH3 is 2. The fourth-order valence-corrected chi connectivity index (χ4v) is 2.53. The second kappa shape index (κ2) is 8.60. The molecule has 1 heterocycles. The van der Waals surface area contributed by atoms with E-state index in [4.69, 9.17) is 13.9 Å². The molecule has 6 heteroatoms. The van der Waals surface area contributed by atoms with Gasteiger partial charge in [0.1, 0.15) is 34.7 Å². The van der Waals surface area contributed by atoms with Gasteiger partial charge in [-0.15, -0.1) is 0 Å². The van der Waals surface area contributed by atoms with E-state index < -0.39 is 5.91 Å². The van der Waals surface area contributed by atoms with Gasteiger partial charge in [-0.25, -0.2) is 0 Å². The topological polar surface area (TPSA) is 84.5 Å². The van der Waals surface area contributed by atoms with Crippen LogP contribution in [0, 0.1) is 11.3 Å². The normalized spacial score (nSPS) is 10.8. The Bertz CT molecular complexity index is 1040. The van der Waals surface area contributed by atoms with E-state index in [1.54, 1.807) is 50.6 Å². The molecule has 3 rings (SSSR count). The number of carbonyl (C=O) groups excluding carboxylic acids is 1. The average molecular weight is 374 g/mol. The van der Waals surface area contributed by atoms with Crippen LogP contribution in [0.25, 0.3) is 17.4 Å². The van der Waals surface area contributed by atoms with Crippen LogP contribution in [0.15, 0.2) is 70.7 Å². The Morgan fingerprint density at radius 1 is 1.04 bits per heavy atom. The molecule has 6 nitrogen and oxygen atoms in total. The molecule has 0 saturated carbocycles. The average Bonchev–Trinajstić information content (AvgIpc) is 3.20. The van der Waals surface area contributed by atoms with Gasteiger partial charge < -0.3 is 19.2 Å². The molecule has 140 valence electrons. The van der Waals surface area contributed by atoms with Crippen LogP contribution in [-0.2, 0) is 4.79 Å². The maximum absolute atomic E-state index is 12.4. The van der Waals surface area contributed by atoms with E-state index in [1.807, 2.05) is 30.3 Å². The van der Waals surface area contributed by atoms with E-state index >= 15 is 0 Å². The number of nitriles is 1. The van der Waals surface area contributed by atoms with Crippen molar-refractivity contribution < 1.29 is 18.7 Å². The molecular formula is C22H18N2O4. The van der Waals surface area contributed by atoms with Gasteiger partial charge in [0, 0.05) is 23.4 Å². The van der Waals surface area contributed by atoms with Crippen molar-refractivity contribution in [3.8, 4) is 28.9 Å². The summed E-state index contributed by atoms with van der Waals surface area (Å²) in [6.07, 6.45) is 1.41. The molecule has 2 aromatic carbocycles. The minimum absolute atomic E-state index is 0.0709. The molecule has 0 fully saturated rings. The molecular weight excluding hydrogens is 356 g/mol. The molecule has 28 heavy (non-hydrogen) atoms. The number of carbonyl (C=O) groups is 1. The number of nitrogens with one attached hydrogen (secondary N) is 1. The number of nitrogens with zero attached hydrogens (tertiary/aromatic N) is 1. The largest absolute Gasteiger partial charge is 0.497 e. The zero-order valence-electron chi connectivity index (χ0n) is 15.4. The highest BCUT2D eigenvalue weighted by Crippen LogP contribution is 2.25. The second-order valence-corrected chi connectivity index (χ2v) is 5.79. The molecule has 0 bridgehead atoms. The monoisotopic (exact) mass is 374 g/mol. The third kappa shape index (κ3) is 4.40. The third-order valence-corrected chi connectivity index (χ3v) is 3.98. The number of ether oxygens (including phenoxy) is 2. The first-order valence-electron chi connectivity index (χ1n) is 8.44. The SMILES string of the molecule is COc1ccc(-c2ccc(/C=C(\C#N)C(=O)Nc3cccc(OC)c3)o2)cc1. The highest BCUT2D eigenvalue weighted by Gasteiger charge is 2.12. The Labute approximate surface area is 162 Å². The Hall–Kier alpha value is -3.98. The first-order valence-corrected chi connectivity index (χ1v) is 8.44. The summed E-state index contributed by atoms with van der Waals surface area (Å²) in [5.74, 6) is 1.85. The van der Waals surface area contributed by atoms with Crippen molar-refractivity contribution in [3.63, 3.8) is 0 Å². The Balaban J connectivity index is 1.77. The smallest absolute Gasteiger partial charge is 0.266 e. The van der Waals surface area contributed by atoms with Gasteiger partial charge >= 0.3 is 0 Å². The first kappa shape index (κ1) is 18.8. The van der Waals surface area contributed by atoms with Crippen molar-refractivity contribution in [1.82, 2.24) is 0 Å². The Morgan fingerprint density at radius 3 is 2.46 bits per heavy atom. The van der Waals surface area contributed by atoms with Crippen LogP contribution in [0.4, 0.5) is 5.69 Å². The summed E-state index contributed by atoms with van der Waals surface area (Å²) in [5.41, 5.74) is 1.32. The lowest BCUT2D eigenvalue weighted by Crippen LogP contribution is -2.13. The Kier molecular flexibility index (Phi) is 5.78. The zero-order chi connectivity index (χ0) is 19.9. The minimum Gasteiger partial charge on any atom is -0.497 e. The summed E-state index contributed by atoms with van der Waals surface area (Å²) < 4.78 is 16.0. The van der Waals surface area contributed by atoms with E-state index in [0.29, 0.717) is 23.0 Å². The number of amides is 1. The third-order valence-electron chi connectivity index (χ3n) is 3.98. The summed E-state index contributed by atoms with van der Waals surface area (Å²) in [7, 11) is 3.14. The van der Waals surface area contributed by atoms with Crippen LogP contribution >= 0.6 is 0 Å². The minimum atomic E-state index is -0.529. The standard InChI is InChI=1S/C22H18N2O4/c1-26-18-8-6-15(7-9-18)21-11-10-20(28-21)12-16(14-23)22(25)24-17-4-3-5-19(13-17)27-2/h3-13H,1-2H3,(H,24,25)/b16-12+. The molecule has 1 aromatic heterocycles. The van der Waals surface area contributed by atoms with Gasteiger partial charge in [-0.3, -0.25) is 4.79 Å². The molecule has 0 unspecified atom stereocenters. The molecule has 0 aliphatic heterocycles. The van der Waals surface area contributed by atoms with Crippen LogP contribution < -0.4 is 14.8 Å². The Morgan fingerprint density at radius 2 is 1.79 bits per heavy atom. The van der Waals surface area contributed by atoms with Gasteiger partial charge in [0.2, 0.25) is 0 Å². The fourth-order valence-electron chi connectivity index (χ4n) is 2.53. The van der Waals surface area contributed by atoms with Gasteiger partial charge in [0.15, 0.2) is 0 Å². The maximum atomic E-state index is 12.4. The summed E-state index contributed by atoms with van der Waals surface area (Å²) in [6.45, 7) is 0. The number of furan rings is 1. The molecule has 0 spiro atoms. The molecule has 1 amide bonds. The van der Waals surface area contributed by atoms with Crippen molar-refractivity contribution in [1.29, 1.82) is 5.26 Å². The van der Waals surface area contributed by atoms with E-state index in [2.05, 4.69) is 5.32 Å². The van der Waals surface area contributed by atoms with Crippen molar-refractivity contribution in [2.75, 3.05) is 19.5 Å². The molecule has 0 aliphatic rings. The quantitative estimate of drug-likeness (QED) is 0.507. The van der Waals surface area contributed by atoms with Crippen LogP contribution in [-0.4, -0.2) is 20.1 Å². The van der Waals surface area contributed by atoms with Crippen LogP contribution in [0.2, 0.25) is 0 Å². The van der Waals surface area contributed by atoms with Crippen molar-refractivity contribution in [2.45, 2.75) is 0 Å². The number of rotatable bonds is 6. The van der Waals surface area contributed by atoms with Crippen LogP contribution in [0.3, 0.4) is 0 Å². The first-order chi connectivity index (χ1) is 13.6. The van der Waals surface area contributed by atoms with Crippen molar-refractivity contribution in [3.05, 3.63) is 72.0 Å². The second-order valence-electron chi connectivity index (χ2n) is 5.79. The molecule has 0 aliphatic carbocycles. The summed E-state index contributed by atoms with van der Waals surface area (Å²) in [5, 5.41) is 12.0. The summed E-state index contributed by atoms with van der Waals surface area (Å²) in [4.78, 5) is 12.4. The van der Waals surface area contributed by atoms with Gasteiger partial charge in [0.05, 0.1) is 14.2 Å². The number of hydrogen-bond acceptors (Lipinski definition) is 5. The number of anilines is 1. The van der Waals surface area contributed by atoms with E-state index in [1.165, 1.54) is 6.08 Å². The van der Waals surface area contributed by atoms with Gasteiger partial charge in [-0.1, -0.05) is 6.07 Å². The molecule has 3 aromatic rings. The van der Waals surface area contributed by atoms with Gasteiger partial charge in [0.25, 0.3) is 5.91 Å². The van der Waals surface area contributed by atoms with Crippen LogP contribution in [0.1, 0.15) is 5.76 Å². The van der Waals surface area contributed by atoms with Crippen molar-refractivity contribution >= 4 is 17.7 Å². The molecule has 0 saturated heterocycles. The highest BCUT2D eigenvalue weighted by molar-refractivity contribution is 6.09. The predicted molar refractivity (Wildman–Crippen MR) is 106 cm³/mol. The van der Waals surface area contributed by atoms with Gasteiger partial charge in [-0.05, 0) is 48.5 Å².